The summed E-state index contributed by atoms with van der Waals surface area (Å²) in [5, 5.41) is 25.4. The molecule has 2 aliphatic carbocycles. The highest BCUT2D eigenvalue weighted by Crippen LogP contribution is 2.48. The normalized spacial score (nSPS) is 17.8. The van der Waals surface area contributed by atoms with E-state index < -0.39 is 30.5 Å². The highest BCUT2D eigenvalue weighted by Gasteiger charge is 2.34. The van der Waals surface area contributed by atoms with Crippen molar-refractivity contribution in [3.63, 3.8) is 0 Å². The molecule has 1 fully saturated rings. The Hall–Kier alpha value is -4.04. The number of rotatable bonds is 13. The van der Waals surface area contributed by atoms with Crippen LogP contribution in [0.4, 0.5) is 10.1 Å². The van der Waals surface area contributed by atoms with Crippen LogP contribution >= 0.6 is 23.2 Å². The summed E-state index contributed by atoms with van der Waals surface area (Å²) in [6, 6.07) is 12.3. The van der Waals surface area contributed by atoms with E-state index in [0.717, 1.165) is 65.0 Å². The number of amides is 1. The van der Waals surface area contributed by atoms with E-state index in [1.54, 1.807) is 12.1 Å². The number of fused-ring (bicyclic) bond motifs is 2. The van der Waals surface area contributed by atoms with E-state index in [9.17, 15) is 19.8 Å². The number of halogens is 3. The summed E-state index contributed by atoms with van der Waals surface area (Å²) in [4.78, 5) is 32.4. The molecule has 3 atom stereocenters. The number of anilines is 1. The lowest BCUT2D eigenvalue weighted by molar-refractivity contribution is -0.144. The zero-order valence-corrected chi connectivity index (χ0v) is 31.9. The third-order valence-electron chi connectivity index (χ3n) is 10.9. The summed E-state index contributed by atoms with van der Waals surface area (Å²) < 4.78 is 29.0. The Balaban J connectivity index is 1.11. The molecule has 0 bridgehead atoms. The van der Waals surface area contributed by atoms with Crippen LogP contribution in [0.15, 0.2) is 42.5 Å². The molecule has 1 amide bonds. The van der Waals surface area contributed by atoms with Gasteiger partial charge in [-0.2, -0.15) is 0 Å². The van der Waals surface area contributed by atoms with E-state index >= 15 is 4.39 Å². The van der Waals surface area contributed by atoms with Gasteiger partial charge in [0.05, 0.1) is 36.7 Å². The minimum atomic E-state index is -0.994. The molecule has 4 N–H and O–H groups in total. The third-order valence-corrected chi connectivity index (χ3v) is 11.7. The standard InChI is InChI=1S/C40H44Cl2FN5O6/c1-21(19-49)48-15-14-32-30(18-48)45-38(47(32)2)39(51)46-29-9-5-8-26(35(29)41)23-6-4-7-25-24(23)12-13-33(25)54-34-16-27(22-10-11-22)28(37(43)36(34)42)17-44-31(20-50)40(52)53-3/h4-9,16,21-22,31,33,44,49-50H,10-15,17-20H2,1-3H3,(H,46,51)/t21-,31-,33-/m1/s1. The molecule has 1 saturated carbocycles. The first-order chi connectivity index (χ1) is 26.0. The summed E-state index contributed by atoms with van der Waals surface area (Å²) in [5.74, 6) is -0.935. The Bertz CT molecular complexity index is 2090. The number of hydrogen-bond acceptors (Lipinski definition) is 9. The van der Waals surface area contributed by atoms with Gasteiger partial charge >= 0.3 is 5.97 Å². The molecule has 4 aromatic rings. The molecular weight excluding hydrogens is 736 g/mol. The Morgan fingerprint density at radius 3 is 2.52 bits per heavy atom. The van der Waals surface area contributed by atoms with Crippen LogP contribution in [0.2, 0.25) is 10.0 Å². The second-order valence-electron chi connectivity index (χ2n) is 14.3. The Morgan fingerprint density at radius 2 is 1.80 bits per heavy atom. The number of carbonyl (C=O) groups excluding carboxylic acids is 2. The lowest BCUT2D eigenvalue weighted by atomic mass is 9.96. The number of ether oxygens (including phenoxy) is 2. The molecule has 3 aromatic carbocycles. The number of nitrogens with zero attached hydrogens (tertiary/aromatic N) is 3. The molecule has 7 rings (SSSR count). The molecule has 54 heavy (non-hydrogen) atoms. The van der Waals surface area contributed by atoms with Crippen LogP contribution in [0.25, 0.3) is 11.1 Å². The van der Waals surface area contributed by atoms with Crippen LogP contribution in [0.1, 0.15) is 82.5 Å². The number of hydrogen-bond donors (Lipinski definition) is 4. The molecule has 286 valence electrons. The largest absolute Gasteiger partial charge is 0.484 e. The van der Waals surface area contributed by atoms with Gasteiger partial charge in [-0.15, -0.1) is 0 Å². The quantitative estimate of drug-likeness (QED) is 0.119. The smallest absolute Gasteiger partial charge is 0.325 e. The predicted octanol–water partition coefficient (Wildman–Crippen LogP) is 6.09. The maximum Gasteiger partial charge on any atom is 0.325 e. The van der Waals surface area contributed by atoms with Crippen molar-refractivity contribution in [2.24, 2.45) is 7.05 Å². The minimum Gasteiger partial charge on any atom is -0.484 e. The fourth-order valence-electron chi connectivity index (χ4n) is 7.68. The number of aromatic nitrogens is 2. The molecule has 0 unspecified atom stereocenters. The molecule has 1 aromatic heterocycles. The highest BCUT2D eigenvalue weighted by molar-refractivity contribution is 6.36. The zero-order chi connectivity index (χ0) is 38.3. The topological polar surface area (TPSA) is 138 Å². The van der Waals surface area contributed by atoms with Crippen LogP contribution in [-0.2, 0) is 42.5 Å². The molecule has 0 spiro atoms. The van der Waals surface area contributed by atoms with E-state index in [1.807, 2.05) is 48.9 Å². The first kappa shape index (κ1) is 38.2. The lowest BCUT2D eigenvalue weighted by Crippen LogP contribution is -2.40. The van der Waals surface area contributed by atoms with E-state index in [-0.39, 0.29) is 41.8 Å². The van der Waals surface area contributed by atoms with Gasteiger partial charge in [0, 0.05) is 56.0 Å². The van der Waals surface area contributed by atoms with Crippen LogP contribution < -0.4 is 15.4 Å². The maximum absolute atomic E-state index is 15.9. The van der Waals surface area contributed by atoms with Crippen LogP contribution in [-0.4, -0.2) is 75.5 Å². The average molecular weight is 781 g/mol. The Labute approximate surface area is 323 Å². The van der Waals surface area contributed by atoms with Crippen molar-refractivity contribution in [1.82, 2.24) is 19.8 Å². The van der Waals surface area contributed by atoms with E-state index in [2.05, 4.69) is 20.5 Å². The van der Waals surface area contributed by atoms with Gasteiger partial charge in [-0.1, -0.05) is 53.5 Å². The SMILES string of the molecule is COC(=O)[C@@H](CO)NCc1c(C2CC2)cc(O[C@@H]2CCc3c(-c4cccc(NC(=O)c5nc6c(n5C)CCN([C@H](C)CO)C6)c4Cl)cccc32)c(Cl)c1F. The van der Waals surface area contributed by atoms with Gasteiger partial charge in [0.25, 0.3) is 5.91 Å². The van der Waals surface area contributed by atoms with Gasteiger partial charge in [-0.05, 0) is 72.9 Å². The number of aliphatic hydroxyl groups excluding tert-OH is 2. The van der Waals surface area contributed by atoms with Crippen molar-refractivity contribution < 1.29 is 33.7 Å². The van der Waals surface area contributed by atoms with Crippen LogP contribution in [0, 0.1) is 5.82 Å². The highest BCUT2D eigenvalue weighted by atomic mass is 35.5. The zero-order valence-electron chi connectivity index (χ0n) is 30.4. The monoisotopic (exact) mass is 779 g/mol. The van der Waals surface area contributed by atoms with E-state index in [1.165, 1.54) is 7.11 Å². The van der Waals surface area contributed by atoms with Crippen molar-refractivity contribution in [2.45, 2.75) is 76.2 Å². The van der Waals surface area contributed by atoms with Gasteiger partial charge < -0.3 is 29.6 Å². The summed E-state index contributed by atoms with van der Waals surface area (Å²) >= 11 is 13.6. The summed E-state index contributed by atoms with van der Waals surface area (Å²) in [6.07, 6.45) is 3.46. The fourth-order valence-corrected chi connectivity index (χ4v) is 8.16. The first-order valence-corrected chi connectivity index (χ1v) is 19.0. The minimum absolute atomic E-state index is 0.00357. The fraction of sp³-hybridized carbons (Fsp3) is 0.425. The predicted molar refractivity (Wildman–Crippen MR) is 204 cm³/mol. The third kappa shape index (κ3) is 7.35. The maximum atomic E-state index is 15.9. The van der Waals surface area contributed by atoms with Crippen molar-refractivity contribution in [2.75, 3.05) is 32.2 Å². The van der Waals surface area contributed by atoms with E-state index in [0.29, 0.717) is 41.5 Å². The van der Waals surface area contributed by atoms with Crippen LogP contribution in [0.5, 0.6) is 5.75 Å². The van der Waals surface area contributed by atoms with Crippen molar-refractivity contribution >= 4 is 40.8 Å². The number of nitrogens with one attached hydrogen (secondary N) is 2. The number of esters is 1. The van der Waals surface area contributed by atoms with Gasteiger partial charge in [0.1, 0.15) is 28.7 Å². The summed E-state index contributed by atoms with van der Waals surface area (Å²) in [7, 11) is 3.07. The summed E-state index contributed by atoms with van der Waals surface area (Å²) in [5.41, 5.74) is 7.06. The van der Waals surface area contributed by atoms with Gasteiger partial charge in [0.2, 0.25) is 0 Å². The molecule has 3 aliphatic rings. The molecule has 2 heterocycles. The molecular formula is C40H44Cl2FN5O6. The number of imidazole rings is 1. The van der Waals surface area contributed by atoms with Crippen molar-refractivity contribution in [1.29, 1.82) is 0 Å². The second kappa shape index (κ2) is 16.0. The second-order valence-corrected chi connectivity index (χ2v) is 15.0. The number of benzene rings is 3. The van der Waals surface area contributed by atoms with Gasteiger partial charge in [-0.25, -0.2) is 9.37 Å². The first-order valence-electron chi connectivity index (χ1n) is 18.2. The Kier molecular flexibility index (Phi) is 11.3. The summed E-state index contributed by atoms with van der Waals surface area (Å²) in [6.45, 7) is 2.86. The van der Waals surface area contributed by atoms with Gasteiger partial charge in [0.15, 0.2) is 5.82 Å². The lowest BCUT2D eigenvalue weighted by Gasteiger charge is -2.30. The van der Waals surface area contributed by atoms with E-state index in [4.69, 9.17) is 32.7 Å². The number of carbonyl (C=O) groups is 2. The molecule has 0 radical (unpaired) electrons. The molecule has 1 aliphatic heterocycles. The van der Waals surface area contributed by atoms with Crippen molar-refractivity contribution in [3.8, 4) is 16.9 Å². The number of aliphatic hydroxyl groups is 2. The van der Waals surface area contributed by atoms with Crippen molar-refractivity contribution in [3.05, 3.63) is 97.8 Å². The van der Waals surface area contributed by atoms with Gasteiger partial charge in [-0.3, -0.25) is 19.8 Å². The number of methoxy groups -OCH3 is 1. The molecule has 0 saturated heterocycles. The van der Waals surface area contributed by atoms with Crippen LogP contribution in [0.3, 0.4) is 0 Å². The average Bonchev–Trinajstić information content (AvgIpc) is 3.87. The Morgan fingerprint density at radius 1 is 1.04 bits per heavy atom. The molecule has 11 nitrogen and oxygen atoms in total. The molecule has 14 heteroatoms.